The van der Waals surface area contributed by atoms with E-state index in [1.807, 2.05) is 43.3 Å². The molecule has 0 unspecified atom stereocenters. The van der Waals surface area contributed by atoms with E-state index >= 15 is 0 Å². The van der Waals surface area contributed by atoms with Gasteiger partial charge in [-0.15, -0.1) is 0 Å². The van der Waals surface area contributed by atoms with Crippen LogP contribution in [-0.4, -0.2) is 17.1 Å². The van der Waals surface area contributed by atoms with Gasteiger partial charge in [-0.2, -0.15) is 0 Å². The van der Waals surface area contributed by atoms with Gasteiger partial charge in [0.05, 0.1) is 17.8 Å². The molecule has 0 bridgehead atoms. The molecule has 0 spiro atoms. The predicted molar refractivity (Wildman–Crippen MR) is 96.0 cm³/mol. The second-order valence-corrected chi connectivity index (χ2v) is 5.71. The van der Waals surface area contributed by atoms with E-state index in [0.717, 1.165) is 11.1 Å². The van der Waals surface area contributed by atoms with Crippen LogP contribution >= 0.6 is 0 Å². The first kappa shape index (κ1) is 16.8. The molecular weight excluding hydrogens is 320 g/mol. The Kier molecular flexibility index (Phi) is 4.88. The maximum absolute atomic E-state index is 12.2. The number of nitrogens with zero attached hydrogens (tertiary/aromatic N) is 1. The number of benzene rings is 2. The van der Waals surface area contributed by atoms with E-state index in [1.54, 1.807) is 13.1 Å². The Balaban J connectivity index is 1.66. The molecule has 0 saturated carbocycles. The minimum atomic E-state index is -0.391. The summed E-state index contributed by atoms with van der Waals surface area (Å²) in [5, 5.41) is 2.88. The summed E-state index contributed by atoms with van der Waals surface area (Å²) in [5.41, 5.74) is 2.91. The van der Waals surface area contributed by atoms with Crippen molar-refractivity contribution in [2.45, 2.75) is 19.8 Å². The Hall–Kier alpha value is -3.02. The van der Waals surface area contributed by atoms with Crippen LogP contribution in [-0.2, 0) is 18.3 Å². The highest BCUT2D eigenvalue weighted by molar-refractivity contribution is 5.92. The van der Waals surface area contributed by atoms with Crippen molar-refractivity contribution in [3.8, 4) is 5.75 Å². The van der Waals surface area contributed by atoms with Crippen molar-refractivity contribution in [3.63, 3.8) is 0 Å². The SMILES string of the molecule is CCOc1ccccc1NC(=O)CCc1ccc2oc(=O)n(C)c2c1. The molecule has 0 saturated heterocycles. The molecule has 0 atom stereocenters. The lowest BCUT2D eigenvalue weighted by Gasteiger charge is -2.11. The van der Waals surface area contributed by atoms with Crippen LogP contribution in [0.15, 0.2) is 51.7 Å². The molecule has 130 valence electrons. The average Bonchev–Trinajstić information content (AvgIpc) is 2.89. The molecule has 0 aliphatic rings. The molecule has 3 aromatic rings. The van der Waals surface area contributed by atoms with Crippen molar-refractivity contribution in [2.75, 3.05) is 11.9 Å². The molecule has 6 nitrogen and oxygen atoms in total. The third kappa shape index (κ3) is 3.74. The second-order valence-electron chi connectivity index (χ2n) is 5.71. The van der Waals surface area contributed by atoms with Crippen LogP contribution in [0, 0.1) is 0 Å². The Labute approximate surface area is 145 Å². The zero-order valence-electron chi connectivity index (χ0n) is 14.2. The predicted octanol–water partition coefficient (Wildman–Crippen LogP) is 3.10. The van der Waals surface area contributed by atoms with Crippen molar-refractivity contribution in [1.82, 2.24) is 4.57 Å². The Morgan fingerprint density at radius 3 is 2.84 bits per heavy atom. The van der Waals surface area contributed by atoms with Crippen LogP contribution < -0.4 is 15.8 Å². The van der Waals surface area contributed by atoms with Crippen molar-refractivity contribution < 1.29 is 13.9 Å². The summed E-state index contributed by atoms with van der Waals surface area (Å²) in [5.74, 6) is 0.180. The zero-order valence-corrected chi connectivity index (χ0v) is 14.2. The number of para-hydroxylation sites is 2. The van der Waals surface area contributed by atoms with Gasteiger partial charge in [-0.3, -0.25) is 9.36 Å². The molecule has 0 fully saturated rings. The molecule has 0 aliphatic carbocycles. The molecule has 1 heterocycles. The van der Waals surface area contributed by atoms with Gasteiger partial charge in [0.2, 0.25) is 5.91 Å². The standard InChI is InChI=1S/C19H20N2O4/c1-3-24-16-7-5-4-6-14(16)20-18(22)11-9-13-8-10-17-15(12-13)21(2)19(23)25-17/h4-8,10,12H,3,9,11H2,1-2H3,(H,20,22). The van der Waals surface area contributed by atoms with Gasteiger partial charge < -0.3 is 14.5 Å². The van der Waals surface area contributed by atoms with Gasteiger partial charge in [-0.05, 0) is 43.2 Å². The number of fused-ring (bicyclic) bond motifs is 1. The largest absolute Gasteiger partial charge is 0.492 e. The summed E-state index contributed by atoms with van der Waals surface area (Å²) in [6.45, 7) is 2.44. The second kappa shape index (κ2) is 7.25. The number of anilines is 1. The minimum absolute atomic E-state index is 0.0895. The summed E-state index contributed by atoms with van der Waals surface area (Å²) in [6.07, 6.45) is 0.899. The number of carbonyl (C=O) groups excluding carboxylic acids is 1. The van der Waals surface area contributed by atoms with Gasteiger partial charge in [0, 0.05) is 13.5 Å². The smallest absolute Gasteiger partial charge is 0.419 e. The first-order valence-electron chi connectivity index (χ1n) is 8.18. The van der Waals surface area contributed by atoms with Gasteiger partial charge in [-0.25, -0.2) is 4.79 Å². The van der Waals surface area contributed by atoms with Gasteiger partial charge in [0.1, 0.15) is 5.75 Å². The van der Waals surface area contributed by atoms with E-state index in [4.69, 9.17) is 9.15 Å². The number of rotatable bonds is 6. The van der Waals surface area contributed by atoms with E-state index in [9.17, 15) is 9.59 Å². The van der Waals surface area contributed by atoms with Crippen LogP contribution in [0.1, 0.15) is 18.9 Å². The fourth-order valence-electron chi connectivity index (χ4n) is 2.65. The van der Waals surface area contributed by atoms with Gasteiger partial charge in [0.15, 0.2) is 5.58 Å². The number of aryl methyl sites for hydroxylation is 2. The molecular formula is C19H20N2O4. The lowest BCUT2D eigenvalue weighted by molar-refractivity contribution is -0.116. The van der Waals surface area contributed by atoms with Crippen molar-refractivity contribution in [3.05, 3.63) is 58.6 Å². The molecule has 25 heavy (non-hydrogen) atoms. The number of amides is 1. The Morgan fingerprint density at radius 2 is 2.04 bits per heavy atom. The van der Waals surface area contributed by atoms with Gasteiger partial charge in [0.25, 0.3) is 0 Å². The van der Waals surface area contributed by atoms with Crippen LogP contribution in [0.25, 0.3) is 11.1 Å². The van der Waals surface area contributed by atoms with E-state index in [0.29, 0.717) is 36.5 Å². The zero-order chi connectivity index (χ0) is 17.8. The highest BCUT2D eigenvalue weighted by atomic mass is 16.5. The highest BCUT2D eigenvalue weighted by Gasteiger charge is 2.10. The van der Waals surface area contributed by atoms with Crippen molar-refractivity contribution in [1.29, 1.82) is 0 Å². The number of hydrogen-bond acceptors (Lipinski definition) is 4. The summed E-state index contributed by atoms with van der Waals surface area (Å²) in [6, 6.07) is 12.9. The quantitative estimate of drug-likeness (QED) is 0.748. The van der Waals surface area contributed by atoms with E-state index in [1.165, 1.54) is 4.57 Å². The third-order valence-electron chi connectivity index (χ3n) is 3.96. The molecule has 1 amide bonds. The van der Waals surface area contributed by atoms with Crippen molar-refractivity contribution in [2.24, 2.45) is 7.05 Å². The molecule has 6 heteroatoms. The Bertz CT molecular complexity index is 955. The summed E-state index contributed by atoms with van der Waals surface area (Å²) in [4.78, 5) is 23.8. The topological polar surface area (TPSA) is 73.5 Å². The van der Waals surface area contributed by atoms with Gasteiger partial charge >= 0.3 is 5.76 Å². The highest BCUT2D eigenvalue weighted by Crippen LogP contribution is 2.24. The molecule has 0 radical (unpaired) electrons. The summed E-state index contributed by atoms with van der Waals surface area (Å²) in [7, 11) is 1.66. The lowest BCUT2D eigenvalue weighted by Crippen LogP contribution is -2.13. The number of oxazole rings is 1. The number of ether oxygens (including phenoxy) is 1. The molecule has 1 N–H and O–H groups in total. The fourth-order valence-corrected chi connectivity index (χ4v) is 2.65. The maximum atomic E-state index is 12.2. The Morgan fingerprint density at radius 1 is 1.24 bits per heavy atom. The van der Waals surface area contributed by atoms with Crippen molar-refractivity contribution >= 4 is 22.7 Å². The summed E-state index contributed by atoms with van der Waals surface area (Å²) >= 11 is 0. The van der Waals surface area contributed by atoms with E-state index in [2.05, 4.69) is 5.32 Å². The molecule has 1 aromatic heterocycles. The number of nitrogens with one attached hydrogen (secondary N) is 1. The monoisotopic (exact) mass is 340 g/mol. The maximum Gasteiger partial charge on any atom is 0.419 e. The molecule has 3 rings (SSSR count). The van der Waals surface area contributed by atoms with Gasteiger partial charge in [-0.1, -0.05) is 18.2 Å². The fraction of sp³-hybridized carbons (Fsp3) is 0.263. The van der Waals surface area contributed by atoms with Crippen LogP contribution in [0.3, 0.4) is 0 Å². The lowest BCUT2D eigenvalue weighted by atomic mass is 10.1. The van der Waals surface area contributed by atoms with Crippen LogP contribution in [0.4, 0.5) is 5.69 Å². The van der Waals surface area contributed by atoms with Crippen LogP contribution in [0.2, 0.25) is 0 Å². The first-order chi connectivity index (χ1) is 12.1. The minimum Gasteiger partial charge on any atom is -0.492 e. The molecule has 0 aliphatic heterocycles. The van der Waals surface area contributed by atoms with E-state index < -0.39 is 5.76 Å². The van der Waals surface area contributed by atoms with E-state index in [-0.39, 0.29) is 5.91 Å². The normalized spacial score (nSPS) is 10.8. The first-order valence-corrected chi connectivity index (χ1v) is 8.18. The third-order valence-corrected chi connectivity index (χ3v) is 3.96. The number of hydrogen-bond donors (Lipinski definition) is 1. The number of aromatic nitrogens is 1. The molecule has 2 aromatic carbocycles. The number of carbonyl (C=O) groups is 1. The summed E-state index contributed by atoms with van der Waals surface area (Å²) < 4.78 is 12.1. The average molecular weight is 340 g/mol. The van der Waals surface area contributed by atoms with Crippen LogP contribution in [0.5, 0.6) is 5.75 Å².